The van der Waals surface area contributed by atoms with E-state index in [0.717, 1.165) is 45.4 Å². The van der Waals surface area contributed by atoms with Crippen molar-refractivity contribution in [3.8, 4) is 11.5 Å². The lowest BCUT2D eigenvalue weighted by molar-refractivity contribution is -0.138. The number of aliphatic carboxylic acids is 2. The van der Waals surface area contributed by atoms with E-state index in [0.29, 0.717) is 18.6 Å². The van der Waals surface area contributed by atoms with Gasteiger partial charge in [0.1, 0.15) is 25.5 Å². The topological polar surface area (TPSA) is 98.0 Å². The van der Waals surface area contributed by atoms with Gasteiger partial charge in [0.15, 0.2) is 17.4 Å². The maximum atomic E-state index is 13.6. The van der Waals surface area contributed by atoms with Crippen LogP contribution in [0.3, 0.4) is 0 Å². The monoisotopic (exact) mass is 575 g/mol. The van der Waals surface area contributed by atoms with Crippen LogP contribution in [0.25, 0.3) is 23.1 Å². The first-order valence-electron chi connectivity index (χ1n) is 13.4. The summed E-state index contributed by atoms with van der Waals surface area (Å²) in [5.74, 6) is -3.10. The standard InChI is InChI=1S/C33H31F2NO6/c1-22-26(8-5-12-30(37)38)27-9-4-7-24(32(27)36(22)21-31(39)40)16-13-23-14-17-25(18-15-23)41-19-2-3-20-42-33-28(34)10-6-11-29(33)35/h2-4,6-7,9-11,13-18H,5,8,12,19-21H2,1H3,(H,37,38)(H,39,40)/b3-2+,16-13?. The van der Waals surface area contributed by atoms with Gasteiger partial charge in [0, 0.05) is 17.5 Å². The Hall–Kier alpha value is -4.92. The number of rotatable bonds is 14. The van der Waals surface area contributed by atoms with E-state index in [1.165, 1.54) is 6.07 Å². The summed E-state index contributed by atoms with van der Waals surface area (Å²) in [5.41, 5.74) is 4.34. The van der Waals surface area contributed by atoms with Gasteiger partial charge in [-0.1, -0.05) is 48.6 Å². The molecule has 0 saturated heterocycles. The predicted molar refractivity (Wildman–Crippen MR) is 157 cm³/mol. The number of para-hydroxylation sites is 2. The van der Waals surface area contributed by atoms with Crippen molar-refractivity contribution in [1.82, 2.24) is 4.57 Å². The molecule has 7 nitrogen and oxygen atoms in total. The Kier molecular flexibility index (Phi) is 10.1. The minimum atomic E-state index is -0.956. The number of ether oxygens (including phenoxy) is 2. The minimum Gasteiger partial charge on any atom is -0.490 e. The number of carboxylic acids is 2. The Bertz CT molecular complexity index is 1600. The average molecular weight is 576 g/mol. The molecule has 0 amide bonds. The number of aromatic nitrogens is 1. The van der Waals surface area contributed by atoms with Gasteiger partial charge in [-0.25, -0.2) is 8.78 Å². The van der Waals surface area contributed by atoms with Gasteiger partial charge in [0.05, 0.1) is 5.52 Å². The maximum Gasteiger partial charge on any atom is 0.323 e. The van der Waals surface area contributed by atoms with E-state index in [1.807, 2.05) is 61.5 Å². The van der Waals surface area contributed by atoms with Gasteiger partial charge < -0.3 is 24.3 Å². The molecule has 42 heavy (non-hydrogen) atoms. The van der Waals surface area contributed by atoms with Gasteiger partial charge in [-0.15, -0.1) is 0 Å². The summed E-state index contributed by atoms with van der Waals surface area (Å²) >= 11 is 0. The quantitative estimate of drug-likeness (QED) is 0.125. The molecule has 0 atom stereocenters. The van der Waals surface area contributed by atoms with Crippen molar-refractivity contribution in [2.45, 2.75) is 32.7 Å². The molecule has 4 aromatic rings. The molecule has 2 N–H and O–H groups in total. The van der Waals surface area contributed by atoms with Crippen LogP contribution in [0.2, 0.25) is 0 Å². The number of hydrogen-bond donors (Lipinski definition) is 2. The van der Waals surface area contributed by atoms with Crippen LogP contribution in [0.15, 0.2) is 72.8 Å². The molecule has 0 aliphatic carbocycles. The van der Waals surface area contributed by atoms with E-state index in [-0.39, 0.29) is 26.2 Å². The summed E-state index contributed by atoms with van der Waals surface area (Å²) in [5, 5.41) is 19.5. The van der Waals surface area contributed by atoms with Crippen LogP contribution in [0.1, 0.15) is 35.2 Å². The molecule has 0 unspecified atom stereocenters. The molecular weight excluding hydrogens is 544 g/mol. The van der Waals surface area contributed by atoms with E-state index in [9.17, 15) is 23.5 Å². The lowest BCUT2D eigenvalue weighted by Gasteiger charge is -2.08. The fraction of sp³-hybridized carbons (Fsp3) is 0.212. The van der Waals surface area contributed by atoms with Crippen LogP contribution in [0.5, 0.6) is 11.5 Å². The summed E-state index contributed by atoms with van der Waals surface area (Å²) in [7, 11) is 0. The molecule has 0 radical (unpaired) electrons. The predicted octanol–water partition coefficient (Wildman–Crippen LogP) is 6.90. The summed E-state index contributed by atoms with van der Waals surface area (Å²) in [6, 6.07) is 16.7. The van der Waals surface area contributed by atoms with Crippen LogP contribution in [0, 0.1) is 18.6 Å². The first-order chi connectivity index (χ1) is 20.2. The second-order valence-corrected chi connectivity index (χ2v) is 9.58. The van der Waals surface area contributed by atoms with Crippen molar-refractivity contribution >= 4 is 35.0 Å². The molecule has 218 valence electrons. The Morgan fingerprint density at radius 1 is 0.857 bits per heavy atom. The van der Waals surface area contributed by atoms with Gasteiger partial charge in [0.25, 0.3) is 0 Å². The van der Waals surface area contributed by atoms with Crippen LogP contribution in [0.4, 0.5) is 8.78 Å². The third-order valence-corrected chi connectivity index (χ3v) is 6.71. The van der Waals surface area contributed by atoms with E-state index in [2.05, 4.69) is 0 Å². The molecule has 0 saturated carbocycles. The number of halogens is 2. The van der Waals surface area contributed by atoms with E-state index in [1.54, 1.807) is 16.7 Å². The van der Waals surface area contributed by atoms with Crippen molar-refractivity contribution in [3.63, 3.8) is 0 Å². The number of hydrogen-bond acceptors (Lipinski definition) is 4. The molecule has 9 heteroatoms. The second kappa shape index (κ2) is 14.1. The minimum absolute atomic E-state index is 0.00308. The maximum absolute atomic E-state index is 13.6. The van der Waals surface area contributed by atoms with Crippen LogP contribution < -0.4 is 9.47 Å². The van der Waals surface area contributed by atoms with Crippen molar-refractivity contribution in [2.24, 2.45) is 0 Å². The number of benzene rings is 3. The highest BCUT2D eigenvalue weighted by molar-refractivity contribution is 5.95. The van der Waals surface area contributed by atoms with Gasteiger partial charge in [-0.2, -0.15) is 0 Å². The van der Waals surface area contributed by atoms with Crippen molar-refractivity contribution in [1.29, 1.82) is 0 Å². The second-order valence-electron chi connectivity index (χ2n) is 9.58. The smallest absolute Gasteiger partial charge is 0.323 e. The van der Waals surface area contributed by atoms with Crippen LogP contribution >= 0.6 is 0 Å². The molecule has 0 aliphatic rings. The van der Waals surface area contributed by atoms with Crippen LogP contribution in [-0.4, -0.2) is 39.9 Å². The molecule has 0 fully saturated rings. The lowest BCUT2D eigenvalue weighted by atomic mass is 10.0. The van der Waals surface area contributed by atoms with Crippen molar-refractivity contribution < 1.29 is 38.1 Å². The molecule has 1 heterocycles. The fourth-order valence-electron chi connectivity index (χ4n) is 4.72. The van der Waals surface area contributed by atoms with Crippen molar-refractivity contribution in [2.75, 3.05) is 13.2 Å². The largest absolute Gasteiger partial charge is 0.490 e. The Morgan fingerprint density at radius 2 is 1.52 bits per heavy atom. The van der Waals surface area contributed by atoms with E-state index < -0.39 is 29.3 Å². The SMILES string of the molecule is Cc1c(CCCC(=O)O)c2cccc(C=Cc3ccc(OC/C=C/COc4c(F)cccc4F)cc3)c2n1CC(=O)O. The molecular formula is C33H31F2NO6. The highest BCUT2D eigenvalue weighted by atomic mass is 19.1. The molecule has 3 aromatic carbocycles. The van der Waals surface area contributed by atoms with Crippen molar-refractivity contribution in [3.05, 3.63) is 107 Å². The molecule has 0 bridgehead atoms. The first kappa shape index (κ1) is 30.0. The molecule has 1 aromatic heterocycles. The van der Waals surface area contributed by atoms with Gasteiger partial charge in [0.2, 0.25) is 0 Å². The average Bonchev–Trinajstić information content (AvgIpc) is 3.21. The first-order valence-corrected chi connectivity index (χ1v) is 13.4. The third-order valence-electron chi connectivity index (χ3n) is 6.71. The van der Waals surface area contributed by atoms with Gasteiger partial charge >= 0.3 is 11.9 Å². The summed E-state index contributed by atoms with van der Waals surface area (Å²) in [6.07, 6.45) is 8.22. The fourth-order valence-corrected chi connectivity index (χ4v) is 4.72. The zero-order chi connectivity index (χ0) is 30.1. The molecule has 0 aliphatic heterocycles. The summed E-state index contributed by atoms with van der Waals surface area (Å²) in [6.45, 7) is 1.92. The Labute approximate surface area is 241 Å². The highest BCUT2D eigenvalue weighted by Gasteiger charge is 2.18. The summed E-state index contributed by atoms with van der Waals surface area (Å²) in [4.78, 5) is 22.7. The van der Waals surface area contributed by atoms with Crippen LogP contribution in [-0.2, 0) is 22.6 Å². The Morgan fingerprint density at radius 3 is 2.19 bits per heavy atom. The number of aryl methyl sites for hydroxylation is 1. The third kappa shape index (κ3) is 7.63. The summed E-state index contributed by atoms with van der Waals surface area (Å²) < 4.78 is 39.8. The lowest BCUT2D eigenvalue weighted by Crippen LogP contribution is -2.10. The normalized spacial score (nSPS) is 11.5. The zero-order valence-corrected chi connectivity index (χ0v) is 23.1. The number of nitrogens with zero attached hydrogens (tertiary/aromatic N) is 1. The molecule has 4 rings (SSSR count). The number of fused-ring (bicyclic) bond motifs is 1. The van der Waals surface area contributed by atoms with E-state index >= 15 is 0 Å². The Balaban J connectivity index is 1.41. The van der Waals surface area contributed by atoms with Gasteiger partial charge in [-0.05, 0) is 72.9 Å². The number of carboxylic acid groups (broad SMARTS) is 2. The highest BCUT2D eigenvalue weighted by Crippen LogP contribution is 2.31. The zero-order valence-electron chi connectivity index (χ0n) is 23.1. The number of carbonyl (C=O) groups is 2. The molecule has 0 spiro atoms. The van der Waals surface area contributed by atoms with Gasteiger partial charge in [-0.3, -0.25) is 9.59 Å². The van der Waals surface area contributed by atoms with E-state index in [4.69, 9.17) is 14.6 Å².